The van der Waals surface area contributed by atoms with E-state index >= 15 is 0 Å². The van der Waals surface area contributed by atoms with Crippen LogP contribution in [-0.2, 0) is 11.2 Å². The molecule has 0 spiro atoms. The Morgan fingerprint density at radius 1 is 1.35 bits per heavy atom. The second kappa shape index (κ2) is 8.17. The number of methoxy groups -OCH3 is 1. The molecule has 1 amide bonds. The molecule has 124 valence electrons. The van der Waals surface area contributed by atoms with Crippen LogP contribution >= 0.6 is 0 Å². The summed E-state index contributed by atoms with van der Waals surface area (Å²) < 4.78 is 15.5. The van der Waals surface area contributed by atoms with Crippen molar-refractivity contribution in [1.82, 2.24) is 10.1 Å². The minimum Gasteiger partial charge on any atom is -0.481 e. The first-order valence-corrected chi connectivity index (χ1v) is 7.56. The van der Waals surface area contributed by atoms with Crippen LogP contribution < -0.4 is 10.1 Å². The van der Waals surface area contributed by atoms with Gasteiger partial charge in [0.05, 0.1) is 7.11 Å². The van der Waals surface area contributed by atoms with Crippen molar-refractivity contribution in [2.75, 3.05) is 12.4 Å². The molecular weight excluding hydrogens is 298 g/mol. The van der Waals surface area contributed by atoms with Gasteiger partial charge in [-0.05, 0) is 37.6 Å². The van der Waals surface area contributed by atoms with Crippen LogP contribution in [0.4, 0.5) is 10.5 Å². The van der Waals surface area contributed by atoms with Gasteiger partial charge >= 0.3 is 6.09 Å². The Morgan fingerprint density at radius 2 is 2.09 bits per heavy atom. The molecule has 1 aromatic heterocycles. The van der Waals surface area contributed by atoms with Gasteiger partial charge in [-0.25, -0.2) is 4.79 Å². The van der Waals surface area contributed by atoms with Gasteiger partial charge in [0.15, 0.2) is 11.9 Å². The first-order chi connectivity index (χ1) is 11.1. The number of benzene rings is 1. The highest BCUT2D eigenvalue weighted by molar-refractivity contribution is 5.84. The molecule has 0 saturated heterocycles. The van der Waals surface area contributed by atoms with Gasteiger partial charge in [-0.3, -0.25) is 5.32 Å². The number of amides is 1. The average molecular weight is 319 g/mol. The molecule has 0 unspecified atom stereocenters. The van der Waals surface area contributed by atoms with Gasteiger partial charge in [0.1, 0.15) is 5.75 Å². The fourth-order valence-corrected chi connectivity index (χ4v) is 1.91. The molecule has 1 N–H and O–H groups in total. The predicted octanol–water partition coefficient (Wildman–Crippen LogP) is 3.73. The van der Waals surface area contributed by atoms with E-state index in [1.807, 2.05) is 6.92 Å². The number of anilines is 1. The third kappa shape index (κ3) is 4.98. The SMILES string of the molecule is CCCCc1noc([C@H](C)Oc2ccc(NC(=O)OC)cc2)n1. The van der Waals surface area contributed by atoms with E-state index < -0.39 is 6.09 Å². The van der Waals surface area contributed by atoms with Crippen LogP contribution in [0.3, 0.4) is 0 Å². The number of unbranched alkanes of at least 4 members (excludes halogenated alkanes) is 1. The van der Waals surface area contributed by atoms with Crippen molar-refractivity contribution in [3.63, 3.8) is 0 Å². The smallest absolute Gasteiger partial charge is 0.411 e. The third-order valence-corrected chi connectivity index (χ3v) is 3.18. The molecule has 0 aliphatic rings. The summed E-state index contributed by atoms with van der Waals surface area (Å²) in [5.74, 6) is 1.80. The number of nitrogens with zero attached hydrogens (tertiary/aromatic N) is 2. The number of hydrogen-bond donors (Lipinski definition) is 1. The van der Waals surface area contributed by atoms with Crippen LogP contribution in [0.2, 0.25) is 0 Å². The average Bonchev–Trinajstić information content (AvgIpc) is 3.03. The lowest BCUT2D eigenvalue weighted by atomic mass is 10.2. The highest BCUT2D eigenvalue weighted by atomic mass is 16.5. The largest absolute Gasteiger partial charge is 0.481 e. The van der Waals surface area contributed by atoms with E-state index in [1.165, 1.54) is 7.11 Å². The van der Waals surface area contributed by atoms with Crippen molar-refractivity contribution < 1.29 is 18.8 Å². The van der Waals surface area contributed by atoms with Crippen molar-refractivity contribution in [2.45, 2.75) is 39.2 Å². The number of nitrogens with one attached hydrogen (secondary N) is 1. The minimum atomic E-state index is -0.516. The van der Waals surface area contributed by atoms with E-state index in [0.29, 0.717) is 23.2 Å². The maximum absolute atomic E-state index is 11.1. The van der Waals surface area contributed by atoms with Crippen molar-refractivity contribution in [2.24, 2.45) is 0 Å². The fraction of sp³-hybridized carbons (Fsp3) is 0.438. The molecule has 1 aromatic carbocycles. The molecule has 0 bridgehead atoms. The maximum atomic E-state index is 11.1. The van der Waals surface area contributed by atoms with Gasteiger partial charge in [0.25, 0.3) is 5.89 Å². The van der Waals surface area contributed by atoms with Crippen molar-refractivity contribution >= 4 is 11.8 Å². The lowest BCUT2D eigenvalue weighted by Gasteiger charge is -2.11. The van der Waals surface area contributed by atoms with Crippen molar-refractivity contribution in [3.8, 4) is 5.75 Å². The Kier molecular flexibility index (Phi) is 5.96. The van der Waals surface area contributed by atoms with E-state index in [1.54, 1.807) is 24.3 Å². The predicted molar refractivity (Wildman–Crippen MR) is 84.4 cm³/mol. The van der Waals surface area contributed by atoms with Crippen LogP contribution in [0.5, 0.6) is 5.75 Å². The van der Waals surface area contributed by atoms with Crippen LogP contribution in [0.15, 0.2) is 28.8 Å². The van der Waals surface area contributed by atoms with Gasteiger partial charge in [0, 0.05) is 12.1 Å². The highest BCUT2D eigenvalue weighted by Gasteiger charge is 2.15. The molecule has 7 nitrogen and oxygen atoms in total. The standard InChI is InChI=1S/C16H21N3O4/c1-4-5-6-14-18-15(23-19-14)11(2)22-13-9-7-12(8-10-13)17-16(20)21-3/h7-11H,4-6H2,1-3H3,(H,17,20)/t11-/m0/s1. The molecule has 0 aliphatic carbocycles. The minimum absolute atomic E-state index is 0.350. The molecule has 2 aromatic rings. The second-order valence-corrected chi connectivity index (χ2v) is 5.05. The maximum Gasteiger partial charge on any atom is 0.411 e. The normalized spacial score (nSPS) is 11.8. The molecule has 1 atom stereocenters. The molecule has 0 fully saturated rings. The summed E-state index contributed by atoms with van der Waals surface area (Å²) in [6.45, 7) is 3.96. The zero-order valence-corrected chi connectivity index (χ0v) is 13.5. The topological polar surface area (TPSA) is 86.5 Å². The Labute approximate surface area is 135 Å². The Morgan fingerprint density at radius 3 is 2.74 bits per heavy atom. The number of aromatic nitrogens is 2. The number of ether oxygens (including phenoxy) is 2. The van der Waals surface area contributed by atoms with Gasteiger partial charge in [-0.2, -0.15) is 4.98 Å². The van der Waals surface area contributed by atoms with E-state index in [-0.39, 0.29) is 6.10 Å². The highest BCUT2D eigenvalue weighted by Crippen LogP contribution is 2.22. The molecular formula is C16H21N3O4. The summed E-state index contributed by atoms with van der Waals surface area (Å²) >= 11 is 0. The lowest BCUT2D eigenvalue weighted by Crippen LogP contribution is -2.10. The molecule has 7 heteroatoms. The summed E-state index contributed by atoms with van der Waals surface area (Å²) in [5.41, 5.74) is 0.622. The second-order valence-electron chi connectivity index (χ2n) is 5.05. The first kappa shape index (κ1) is 16.8. The van der Waals surface area contributed by atoms with E-state index in [2.05, 4.69) is 27.1 Å². The van der Waals surface area contributed by atoms with Crippen LogP contribution in [0.1, 0.15) is 44.5 Å². The number of aryl methyl sites for hydroxylation is 1. The molecule has 23 heavy (non-hydrogen) atoms. The Bertz CT molecular complexity index is 625. The monoisotopic (exact) mass is 319 g/mol. The van der Waals surface area contributed by atoms with E-state index in [0.717, 1.165) is 19.3 Å². The number of carbonyl (C=O) groups is 1. The number of hydrogen-bond acceptors (Lipinski definition) is 6. The fourth-order valence-electron chi connectivity index (χ4n) is 1.91. The summed E-state index contributed by atoms with van der Waals surface area (Å²) in [4.78, 5) is 15.4. The van der Waals surface area contributed by atoms with Crippen LogP contribution in [0.25, 0.3) is 0 Å². The number of rotatable bonds is 7. The zero-order chi connectivity index (χ0) is 16.7. The Balaban J connectivity index is 1.93. The van der Waals surface area contributed by atoms with Crippen LogP contribution in [0, 0.1) is 0 Å². The van der Waals surface area contributed by atoms with Gasteiger partial charge < -0.3 is 14.0 Å². The number of carbonyl (C=O) groups excluding carboxylic acids is 1. The third-order valence-electron chi connectivity index (χ3n) is 3.18. The summed E-state index contributed by atoms with van der Waals surface area (Å²) in [6.07, 6.45) is 2.06. The van der Waals surface area contributed by atoms with E-state index in [4.69, 9.17) is 9.26 Å². The zero-order valence-electron chi connectivity index (χ0n) is 13.5. The molecule has 0 radical (unpaired) electrons. The summed E-state index contributed by atoms with van der Waals surface area (Å²) in [6, 6.07) is 6.94. The molecule has 1 heterocycles. The van der Waals surface area contributed by atoms with Crippen molar-refractivity contribution in [1.29, 1.82) is 0 Å². The van der Waals surface area contributed by atoms with Gasteiger partial charge in [0.2, 0.25) is 0 Å². The molecule has 2 rings (SSSR count). The van der Waals surface area contributed by atoms with Crippen LogP contribution in [-0.4, -0.2) is 23.3 Å². The molecule has 0 aliphatic heterocycles. The van der Waals surface area contributed by atoms with Crippen molar-refractivity contribution in [3.05, 3.63) is 36.0 Å². The lowest BCUT2D eigenvalue weighted by molar-refractivity contribution is 0.175. The van der Waals surface area contributed by atoms with Gasteiger partial charge in [-0.15, -0.1) is 0 Å². The summed E-state index contributed by atoms with van der Waals surface area (Å²) in [5, 5.41) is 6.51. The summed E-state index contributed by atoms with van der Waals surface area (Å²) in [7, 11) is 1.31. The Hall–Kier alpha value is -2.57. The first-order valence-electron chi connectivity index (χ1n) is 7.56. The molecule has 0 saturated carbocycles. The van der Waals surface area contributed by atoms with Gasteiger partial charge in [-0.1, -0.05) is 18.5 Å². The quantitative estimate of drug-likeness (QED) is 0.836. The van der Waals surface area contributed by atoms with E-state index in [9.17, 15) is 4.79 Å².